The fourth-order valence-electron chi connectivity index (χ4n) is 1.46. The summed E-state index contributed by atoms with van der Waals surface area (Å²) < 4.78 is 5.67. The highest BCUT2D eigenvalue weighted by Crippen LogP contribution is 2.20. The van der Waals surface area contributed by atoms with Crippen molar-refractivity contribution in [2.24, 2.45) is 5.73 Å². The average molecular weight is 243 g/mol. The number of hydrogen-bond donors (Lipinski definition) is 1. The van der Waals surface area contributed by atoms with Crippen LogP contribution in [0.5, 0.6) is 5.19 Å². The van der Waals surface area contributed by atoms with E-state index in [2.05, 4.69) is 24.0 Å². The lowest BCUT2D eigenvalue weighted by Crippen LogP contribution is -2.11. The van der Waals surface area contributed by atoms with Gasteiger partial charge >= 0.3 is 0 Å². The monoisotopic (exact) mass is 243 g/mol. The quantitative estimate of drug-likeness (QED) is 0.713. The van der Waals surface area contributed by atoms with Crippen molar-refractivity contribution in [2.75, 3.05) is 0 Å². The maximum Gasteiger partial charge on any atom is 0.294 e. The van der Waals surface area contributed by atoms with Crippen LogP contribution in [0.25, 0.3) is 0 Å². The SMILES string of the molecule is CCCCCCC(C)Oc1nnc(CN)s1. The van der Waals surface area contributed by atoms with Crippen molar-refractivity contribution < 1.29 is 4.74 Å². The Morgan fingerprint density at radius 2 is 2.12 bits per heavy atom. The van der Waals surface area contributed by atoms with Crippen LogP contribution >= 0.6 is 11.3 Å². The molecule has 1 aromatic heterocycles. The molecule has 0 aliphatic carbocycles. The third kappa shape index (κ3) is 4.90. The van der Waals surface area contributed by atoms with Gasteiger partial charge in [0.15, 0.2) is 0 Å². The molecular weight excluding hydrogens is 222 g/mol. The molecule has 1 atom stereocenters. The lowest BCUT2D eigenvalue weighted by molar-refractivity contribution is 0.204. The third-order valence-corrected chi connectivity index (χ3v) is 3.23. The maximum absolute atomic E-state index is 5.67. The molecule has 0 amide bonds. The normalized spacial score (nSPS) is 12.7. The molecule has 0 radical (unpaired) electrons. The van der Waals surface area contributed by atoms with Crippen LogP contribution in [0, 0.1) is 0 Å². The molecule has 1 unspecified atom stereocenters. The Labute approximate surface area is 101 Å². The van der Waals surface area contributed by atoms with Gasteiger partial charge in [-0.15, -0.1) is 5.10 Å². The standard InChI is InChI=1S/C11H21N3OS/c1-3-4-5-6-7-9(2)15-11-14-13-10(8-12)16-11/h9H,3-8,12H2,1-2H3. The highest BCUT2D eigenvalue weighted by Gasteiger charge is 2.08. The van der Waals surface area contributed by atoms with Gasteiger partial charge < -0.3 is 10.5 Å². The Morgan fingerprint density at radius 1 is 1.31 bits per heavy atom. The Kier molecular flexibility index (Phi) is 6.33. The van der Waals surface area contributed by atoms with Crippen LogP contribution in [0.2, 0.25) is 0 Å². The van der Waals surface area contributed by atoms with Gasteiger partial charge in [-0.2, -0.15) is 0 Å². The molecule has 0 aliphatic rings. The van der Waals surface area contributed by atoms with Crippen molar-refractivity contribution in [1.82, 2.24) is 10.2 Å². The molecule has 1 aromatic rings. The molecule has 1 heterocycles. The molecule has 0 bridgehead atoms. The molecule has 1 rings (SSSR count). The fourth-order valence-corrected chi connectivity index (χ4v) is 2.12. The van der Waals surface area contributed by atoms with E-state index in [4.69, 9.17) is 10.5 Å². The summed E-state index contributed by atoms with van der Waals surface area (Å²) in [4.78, 5) is 0. The number of hydrogen-bond acceptors (Lipinski definition) is 5. The molecule has 0 aromatic carbocycles. The summed E-state index contributed by atoms with van der Waals surface area (Å²) in [7, 11) is 0. The number of nitrogens with zero attached hydrogens (tertiary/aromatic N) is 2. The highest BCUT2D eigenvalue weighted by molar-refractivity contribution is 7.13. The first-order valence-electron chi connectivity index (χ1n) is 5.95. The topological polar surface area (TPSA) is 61.0 Å². The first kappa shape index (κ1) is 13.4. The van der Waals surface area contributed by atoms with Crippen LogP contribution in [-0.4, -0.2) is 16.3 Å². The number of aromatic nitrogens is 2. The van der Waals surface area contributed by atoms with Gasteiger partial charge in [0.1, 0.15) is 5.01 Å². The van der Waals surface area contributed by atoms with Crippen LogP contribution < -0.4 is 10.5 Å². The lowest BCUT2D eigenvalue weighted by Gasteiger charge is -2.10. The predicted molar refractivity (Wildman–Crippen MR) is 66.6 cm³/mol. The Morgan fingerprint density at radius 3 is 2.75 bits per heavy atom. The van der Waals surface area contributed by atoms with Gasteiger partial charge in [0.05, 0.1) is 6.10 Å². The summed E-state index contributed by atoms with van der Waals surface area (Å²) in [5.74, 6) is 0. The van der Waals surface area contributed by atoms with Crippen LogP contribution in [0.4, 0.5) is 0 Å². The van der Waals surface area contributed by atoms with E-state index in [0.717, 1.165) is 11.4 Å². The van der Waals surface area contributed by atoms with Crippen molar-refractivity contribution in [3.8, 4) is 5.19 Å². The second kappa shape index (κ2) is 7.57. The number of nitrogens with two attached hydrogens (primary N) is 1. The largest absolute Gasteiger partial charge is 0.466 e. The summed E-state index contributed by atoms with van der Waals surface area (Å²) in [5, 5.41) is 9.32. The molecule has 2 N–H and O–H groups in total. The van der Waals surface area contributed by atoms with Gasteiger partial charge in [0, 0.05) is 6.54 Å². The summed E-state index contributed by atoms with van der Waals surface area (Å²) in [6, 6.07) is 0. The molecule has 0 fully saturated rings. The first-order valence-corrected chi connectivity index (χ1v) is 6.77. The van der Waals surface area contributed by atoms with Crippen LogP contribution in [0.1, 0.15) is 51.0 Å². The zero-order valence-electron chi connectivity index (χ0n) is 10.1. The van der Waals surface area contributed by atoms with Crippen molar-refractivity contribution in [3.05, 3.63) is 5.01 Å². The van der Waals surface area contributed by atoms with Crippen molar-refractivity contribution in [2.45, 2.75) is 58.6 Å². The van der Waals surface area contributed by atoms with Gasteiger partial charge in [-0.25, -0.2) is 0 Å². The maximum atomic E-state index is 5.67. The lowest BCUT2D eigenvalue weighted by atomic mass is 10.1. The molecule has 92 valence electrons. The van der Waals surface area contributed by atoms with Crippen LogP contribution in [0.15, 0.2) is 0 Å². The molecule has 0 saturated carbocycles. The summed E-state index contributed by atoms with van der Waals surface area (Å²) in [6.07, 6.45) is 6.38. The summed E-state index contributed by atoms with van der Waals surface area (Å²) >= 11 is 1.44. The van der Waals surface area contributed by atoms with E-state index in [-0.39, 0.29) is 6.10 Å². The molecule has 16 heavy (non-hydrogen) atoms. The van der Waals surface area contributed by atoms with E-state index in [1.165, 1.54) is 37.0 Å². The van der Waals surface area contributed by atoms with Gasteiger partial charge in [-0.1, -0.05) is 42.6 Å². The van der Waals surface area contributed by atoms with Crippen molar-refractivity contribution >= 4 is 11.3 Å². The van der Waals surface area contributed by atoms with Gasteiger partial charge in [0.25, 0.3) is 5.19 Å². The summed E-state index contributed by atoms with van der Waals surface area (Å²) in [6.45, 7) is 4.73. The number of ether oxygens (including phenoxy) is 1. The van der Waals surface area contributed by atoms with E-state index >= 15 is 0 Å². The van der Waals surface area contributed by atoms with Gasteiger partial charge in [0.2, 0.25) is 0 Å². The van der Waals surface area contributed by atoms with Gasteiger partial charge in [-0.05, 0) is 19.8 Å². The molecule has 0 spiro atoms. The molecule has 0 aliphatic heterocycles. The third-order valence-electron chi connectivity index (χ3n) is 2.39. The zero-order valence-corrected chi connectivity index (χ0v) is 10.9. The van der Waals surface area contributed by atoms with Crippen molar-refractivity contribution in [1.29, 1.82) is 0 Å². The van der Waals surface area contributed by atoms with E-state index in [0.29, 0.717) is 11.7 Å². The van der Waals surface area contributed by atoms with Crippen LogP contribution in [0.3, 0.4) is 0 Å². The number of unbranched alkanes of at least 4 members (excludes halogenated alkanes) is 3. The van der Waals surface area contributed by atoms with E-state index < -0.39 is 0 Å². The zero-order chi connectivity index (χ0) is 11.8. The molecule has 0 saturated heterocycles. The minimum atomic E-state index is 0.218. The minimum Gasteiger partial charge on any atom is -0.466 e. The summed E-state index contributed by atoms with van der Waals surface area (Å²) in [5.41, 5.74) is 5.46. The molecule has 4 nitrogen and oxygen atoms in total. The molecular formula is C11H21N3OS. The van der Waals surface area contributed by atoms with E-state index in [1.807, 2.05) is 0 Å². The Bertz CT molecular complexity index is 291. The Hall–Kier alpha value is -0.680. The van der Waals surface area contributed by atoms with E-state index in [1.54, 1.807) is 0 Å². The first-order chi connectivity index (χ1) is 7.76. The predicted octanol–water partition coefficient (Wildman–Crippen LogP) is 2.73. The average Bonchev–Trinajstić information content (AvgIpc) is 2.72. The number of rotatable bonds is 8. The van der Waals surface area contributed by atoms with Crippen LogP contribution in [-0.2, 0) is 6.54 Å². The smallest absolute Gasteiger partial charge is 0.294 e. The molecule has 5 heteroatoms. The second-order valence-corrected chi connectivity index (χ2v) is 4.97. The van der Waals surface area contributed by atoms with Gasteiger partial charge in [-0.3, -0.25) is 0 Å². The van der Waals surface area contributed by atoms with Crippen molar-refractivity contribution in [3.63, 3.8) is 0 Å². The fraction of sp³-hybridized carbons (Fsp3) is 0.818. The minimum absolute atomic E-state index is 0.218. The van der Waals surface area contributed by atoms with E-state index in [9.17, 15) is 0 Å². The Balaban J connectivity index is 2.20. The second-order valence-electron chi connectivity index (χ2n) is 3.94. The highest BCUT2D eigenvalue weighted by atomic mass is 32.1.